The molecule has 0 aromatic heterocycles. The molecule has 0 bridgehead atoms. The maximum absolute atomic E-state index is 11.3. The molecule has 1 aliphatic heterocycles. The molecule has 3 rings (SSSR count). The van der Waals surface area contributed by atoms with Gasteiger partial charge in [-0.3, -0.25) is 4.79 Å². The molecule has 0 aliphatic carbocycles. The molecule has 0 unspecified atom stereocenters. The van der Waals surface area contributed by atoms with E-state index in [0.717, 1.165) is 25.4 Å². The minimum absolute atomic E-state index is 0.0391. The van der Waals surface area contributed by atoms with E-state index in [0.29, 0.717) is 17.9 Å². The van der Waals surface area contributed by atoms with Crippen LogP contribution in [0.1, 0.15) is 35.7 Å². The van der Waals surface area contributed by atoms with Crippen LogP contribution >= 0.6 is 0 Å². The smallest absolute Gasteiger partial charge is 0.159 e. The van der Waals surface area contributed by atoms with Crippen LogP contribution in [0.4, 0.5) is 0 Å². The Morgan fingerprint density at radius 1 is 1.11 bits per heavy atom. The van der Waals surface area contributed by atoms with Crippen LogP contribution in [0.15, 0.2) is 54.6 Å². The molecular weight excluding hydrogens is 338 g/mol. The molecule has 0 radical (unpaired) electrons. The molecule has 1 atom stereocenters. The fourth-order valence-corrected chi connectivity index (χ4v) is 3.65. The Kier molecular flexibility index (Phi) is 7.02. The number of Topliss-reactive ketones (excluding diaryl/α,β-unsaturated/α-hetero) is 1. The van der Waals surface area contributed by atoms with E-state index in [9.17, 15) is 9.90 Å². The zero-order chi connectivity index (χ0) is 19.1. The van der Waals surface area contributed by atoms with Crippen molar-refractivity contribution in [2.24, 2.45) is 5.92 Å². The van der Waals surface area contributed by atoms with Gasteiger partial charge >= 0.3 is 0 Å². The average molecular weight is 367 g/mol. The van der Waals surface area contributed by atoms with Gasteiger partial charge in [-0.25, -0.2) is 0 Å². The van der Waals surface area contributed by atoms with Crippen LogP contribution in [0.2, 0.25) is 0 Å². The van der Waals surface area contributed by atoms with E-state index in [1.54, 1.807) is 31.2 Å². The largest absolute Gasteiger partial charge is 0.491 e. The van der Waals surface area contributed by atoms with Gasteiger partial charge in [0, 0.05) is 12.1 Å². The molecule has 0 saturated carbocycles. The summed E-state index contributed by atoms with van der Waals surface area (Å²) in [5, 5.41) is 10.3. The van der Waals surface area contributed by atoms with Crippen molar-refractivity contribution in [2.45, 2.75) is 32.3 Å². The van der Waals surface area contributed by atoms with E-state index in [2.05, 4.69) is 35.2 Å². The number of carbonyl (C=O) groups is 1. The van der Waals surface area contributed by atoms with Gasteiger partial charge in [-0.2, -0.15) is 0 Å². The van der Waals surface area contributed by atoms with Crippen molar-refractivity contribution in [2.75, 3.05) is 26.2 Å². The van der Waals surface area contributed by atoms with Gasteiger partial charge in [0.2, 0.25) is 0 Å². The molecule has 1 heterocycles. The number of rotatable bonds is 8. The Morgan fingerprint density at radius 2 is 1.78 bits per heavy atom. The third-order valence-corrected chi connectivity index (χ3v) is 5.25. The Balaban J connectivity index is 1.36. The number of hydrogen-bond donors (Lipinski definition) is 1. The first-order valence-corrected chi connectivity index (χ1v) is 9.78. The van der Waals surface area contributed by atoms with Crippen molar-refractivity contribution < 1.29 is 14.6 Å². The summed E-state index contributed by atoms with van der Waals surface area (Å²) in [6, 6.07) is 17.7. The number of piperidine rings is 1. The topological polar surface area (TPSA) is 49.8 Å². The predicted octanol–water partition coefficient (Wildman–Crippen LogP) is 3.58. The number of β-amino-alcohol motifs (C(OH)–C–C–N with tert-alkyl or cyclic N) is 1. The number of likely N-dealkylation sites (tertiary alicyclic amines) is 1. The van der Waals surface area contributed by atoms with Crippen molar-refractivity contribution in [1.29, 1.82) is 0 Å². The predicted molar refractivity (Wildman–Crippen MR) is 107 cm³/mol. The molecule has 1 fully saturated rings. The van der Waals surface area contributed by atoms with Crippen LogP contribution in [0.25, 0.3) is 0 Å². The summed E-state index contributed by atoms with van der Waals surface area (Å²) in [5.74, 6) is 1.45. The van der Waals surface area contributed by atoms with Gasteiger partial charge in [-0.15, -0.1) is 0 Å². The van der Waals surface area contributed by atoms with Gasteiger partial charge in [-0.1, -0.05) is 30.3 Å². The van der Waals surface area contributed by atoms with E-state index in [1.165, 1.54) is 18.4 Å². The van der Waals surface area contributed by atoms with E-state index in [1.807, 2.05) is 0 Å². The maximum Gasteiger partial charge on any atom is 0.159 e. The standard InChI is InChI=1S/C23H29NO3/c1-18(25)21-7-9-23(10-8-21)27-17-22(26)16-24-13-11-20(12-14-24)15-19-5-3-2-4-6-19/h2-10,20,22,26H,11-17H2,1H3/t22-/m0/s1. The molecule has 2 aromatic rings. The third kappa shape index (κ3) is 6.19. The second-order valence-corrected chi connectivity index (χ2v) is 7.48. The molecule has 144 valence electrons. The van der Waals surface area contributed by atoms with Crippen LogP contribution in [-0.2, 0) is 6.42 Å². The van der Waals surface area contributed by atoms with Crippen molar-refractivity contribution in [1.82, 2.24) is 4.90 Å². The SMILES string of the molecule is CC(=O)c1ccc(OC[C@@H](O)CN2CCC(Cc3ccccc3)CC2)cc1. The zero-order valence-corrected chi connectivity index (χ0v) is 16.0. The number of ketones is 1. The second-order valence-electron chi connectivity index (χ2n) is 7.48. The van der Waals surface area contributed by atoms with E-state index >= 15 is 0 Å². The van der Waals surface area contributed by atoms with Gasteiger partial charge < -0.3 is 14.7 Å². The molecule has 1 aliphatic rings. The molecule has 0 amide bonds. The molecule has 1 N–H and O–H groups in total. The zero-order valence-electron chi connectivity index (χ0n) is 16.0. The van der Waals surface area contributed by atoms with Crippen LogP contribution in [0.3, 0.4) is 0 Å². The van der Waals surface area contributed by atoms with Crippen LogP contribution in [0.5, 0.6) is 5.75 Å². The summed E-state index contributed by atoms with van der Waals surface area (Å²) < 4.78 is 5.66. The van der Waals surface area contributed by atoms with E-state index in [4.69, 9.17) is 4.74 Å². The van der Waals surface area contributed by atoms with Crippen LogP contribution in [-0.4, -0.2) is 48.1 Å². The Labute approximate surface area is 161 Å². The molecule has 0 spiro atoms. The number of nitrogens with zero attached hydrogens (tertiary/aromatic N) is 1. The van der Waals surface area contributed by atoms with Crippen LogP contribution < -0.4 is 4.74 Å². The van der Waals surface area contributed by atoms with Gasteiger partial charge in [0.25, 0.3) is 0 Å². The minimum Gasteiger partial charge on any atom is -0.491 e. The maximum atomic E-state index is 11.3. The summed E-state index contributed by atoms with van der Waals surface area (Å²) >= 11 is 0. The number of benzene rings is 2. The highest BCUT2D eigenvalue weighted by Crippen LogP contribution is 2.22. The molecule has 2 aromatic carbocycles. The molecule has 1 saturated heterocycles. The lowest BCUT2D eigenvalue weighted by molar-refractivity contribution is 0.0550. The van der Waals surface area contributed by atoms with E-state index < -0.39 is 6.10 Å². The highest BCUT2D eigenvalue weighted by Gasteiger charge is 2.21. The second kappa shape index (κ2) is 9.67. The fraction of sp³-hybridized carbons (Fsp3) is 0.435. The number of ether oxygens (including phenoxy) is 1. The molecular formula is C23H29NO3. The summed E-state index contributed by atoms with van der Waals surface area (Å²) in [6.07, 6.45) is 2.99. The quantitative estimate of drug-likeness (QED) is 0.725. The summed E-state index contributed by atoms with van der Waals surface area (Å²) in [6.45, 7) is 4.51. The first-order chi connectivity index (χ1) is 13.1. The molecule has 4 heteroatoms. The lowest BCUT2D eigenvalue weighted by Crippen LogP contribution is -2.41. The highest BCUT2D eigenvalue weighted by atomic mass is 16.5. The number of aliphatic hydroxyl groups excluding tert-OH is 1. The lowest BCUT2D eigenvalue weighted by atomic mass is 9.90. The Morgan fingerprint density at radius 3 is 2.41 bits per heavy atom. The Hall–Kier alpha value is -2.17. The van der Waals surface area contributed by atoms with Gasteiger partial charge in [0.1, 0.15) is 18.5 Å². The fourth-order valence-electron chi connectivity index (χ4n) is 3.65. The molecule has 4 nitrogen and oxygen atoms in total. The van der Waals surface area contributed by atoms with Crippen LogP contribution in [0, 0.1) is 5.92 Å². The van der Waals surface area contributed by atoms with Crippen molar-refractivity contribution >= 4 is 5.78 Å². The first-order valence-electron chi connectivity index (χ1n) is 9.78. The third-order valence-electron chi connectivity index (χ3n) is 5.25. The number of carbonyl (C=O) groups excluding carboxylic acids is 1. The molecule has 27 heavy (non-hydrogen) atoms. The van der Waals surface area contributed by atoms with E-state index in [-0.39, 0.29) is 12.4 Å². The van der Waals surface area contributed by atoms with Gasteiger partial charge in [0.15, 0.2) is 5.78 Å². The van der Waals surface area contributed by atoms with Gasteiger partial charge in [-0.05, 0) is 75.0 Å². The summed E-state index contributed by atoms with van der Waals surface area (Å²) in [5.41, 5.74) is 2.08. The van der Waals surface area contributed by atoms with Gasteiger partial charge in [0.05, 0.1) is 0 Å². The highest BCUT2D eigenvalue weighted by molar-refractivity contribution is 5.94. The Bertz CT molecular complexity index is 706. The summed E-state index contributed by atoms with van der Waals surface area (Å²) in [7, 11) is 0. The summed E-state index contributed by atoms with van der Waals surface area (Å²) in [4.78, 5) is 13.6. The lowest BCUT2D eigenvalue weighted by Gasteiger charge is -2.33. The first kappa shape index (κ1) is 19.6. The van der Waals surface area contributed by atoms with Crippen molar-refractivity contribution in [3.8, 4) is 5.75 Å². The normalized spacial score (nSPS) is 16.8. The monoisotopic (exact) mass is 367 g/mol. The average Bonchev–Trinajstić information content (AvgIpc) is 2.69. The van der Waals surface area contributed by atoms with Crippen molar-refractivity contribution in [3.63, 3.8) is 0 Å². The van der Waals surface area contributed by atoms with Crippen molar-refractivity contribution in [3.05, 3.63) is 65.7 Å². The number of aliphatic hydroxyl groups is 1. The number of hydrogen-bond acceptors (Lipinski definition) is 4. The minimum atomic E-state index is -0.511.